The van der Waals surface area contributed by atoms with Crippen molar-refractivity contribution in [3.8, 4) is 0 Å². The molecule has 1 heterocycles. The van der Waals surface area contributed by atoms with Crippen LogP contribution >= 0.6 is 0 Å². The first-order valence-corrected chi connectivity index (χ1v) is 8.25. The van der Waals surface area contributed by atoms with Gasteiger partial charge in [0, 0.05) is 31.7 Å². The van der Waals surface area contributed by atoms with E-state index in [1.54, 1.807) is 0 Å². The summed E-state index contributed by atoms with van der Waals surface area (Å²) in [4.78, 5) is 17.0. The lowest BCUT2D eigenvalue weighted by atomic mass is 9.84. The Morgan fingerprint density at radius 3 is 2.20 bits per heavy atom. The molecule has 1 saturated heterocycles. The van der Waals surface area contributed by atoms with Crippen molar-refractivity contribution in [1.82, 2.24) is 9.80 Å². The number of ether oxygens (including phenoxy) is 1. The standard InChI is InChI=1S/C16H30N2O2/c1-3-20-15(19)14-16(8-6-4-5-7-9-16)18-12-10-17(2)11-13-18/h3-14H2,1-2H3. The molecule has 0 amide bonds. The van der Waals surface area contributed by atoms with Crippen molar-refractivity contribution in [3.05, 3.63) is 0 Å². The largest absolute Gasteiger partial charge is 0.466 e. The Kier molecular flexibility index (Phi) is 5.85. The molecule has 4 heteroatoms. The SMILES string of the molecule is CCOC(=O)CC1(N2CCN(C)CC2)CCCCCC1. The molecule has 1 aliphatic heterocycles. The molecular weight excluding hydrogens is 252 g/mol. The van der Waals surface area contributed by atoms with Crippen LogP contribution in [0.1, 0.15) is 51.9 Å². The Morgan fingerprint density at radius 1 is 1.05 bits per heavy atom. The third-order valence-corrected chi connectivity index (χ3v) is 4.99. The van der Waals surface area contributed by atoms with Gasteiger partial charge in [0.05, 0.1) is 13.0 Å². The Balaban J connectivity index is 2.07. The Hall–Kier alpha value is -0.610. The van der Waals surface area contributed by atoms with Gasteiger partial charge in [-0.2, -0.15) is 0 Å². The molecule has 2 fully saturated rings. The van der Waals surface area contributed by atoms with Gasteiger partial charge in [0.25, 0.3) is 0 Å². The third-order valence-electron chi connectivity index (χ3n) is 4.99. The van der Waals surface area contributed by atoms with Crippen LogP contribution in [-0.4, -0.2) is 61.1 Å². The summed E-state index contributed by atoms with van der Waals surface area (Å²) < 4.78 is 5.25. The van der Waals surface area contributed by atoms with Crippen LogP contribution in [0.5, 0.6) is 0 Å². The van der Waals surface area contributed by atoms with Gasteiger partial charge in [-0.25, -0.2) is 0 Å². The highest BCUT2D eigenvalue weighted by Crippen LogP contribution is 2.36. The Labute approximate surface area is 123 Å². The Bertz CT molecular complexity index is 304. The number of hydrogen-bond acceptors (Lipinski definition) is 4. The summed E-state index contributed by atoms with van der Waals surface area (Å²) in [7, 11) is 2.18. The zero-order valence-corrected chi connectivity index (χ0v) is 13.2. The zero-order chi connectivity index (χ0) is 14.4. The minimum Gasteiger partial charge on any atom is -0.466 e. The second-order valence-electron chi connectivity index (χ2n) is 6.41. The van der Waals surface area contributed by atoms with E-state index in [0.717, 1.165) is 39.0 Å². The molecule has 20 heavy (non-hydrogen) atoms. The van der Waals surface area contributed by atoms with Crippen molar-refractivity contribution in [3.63, 3.8) is 0 Å². The fourth-order valence-electron chi connectivity index (χ4n) is 3.75. The first-order chi connectivity index (χ1) is 9.66. The summed E-state index contributed by atoms with van der Waals surface area (Å²) in [6.45, 7) is 6.81. The molecule has 0 unspecified atom stereocenters. The van der Waals surface area contributed by atoms with E-state index in [4.69, 9.17) is 4.74 Å². The van der Waals surface area contributed by atoms with Crippen molar-refractivity contribution in [2.24, 2.45) is 0 Å². The van der Waals surface area contributed by atoms with Crippen LogP contribution in [0.25, 0.3) is 0 Å². The third kappa shape index (κ3) is 3.95. The lowest BCUT2D eigenvalue weighted by molar-refractivity contribution is -0.147. The van der Waals surface area contributed by atoms with E-state index in [-0.39, 0.29) is 11.5 Å². The molecule has 0 radical (unpaired) electrons. The van der Waals surface area contributed by atoms with Crippen molar-refractivity contribution >= 4 is 5.97 Å². The van der Waals surface area contributed by atoms with Gasteiger partial charge >= 0.3 is 5.97 Å². The van der Waals surface area contributed by atoms with Gasteiger partial charge in [-0.15, -0.1) is 0 Å². The summed E-state index contributed by atoms with van der Waals surface area (Å²) in [5.74, 6) is -0.00618. The van der Waals surface area contributed by atoms with Crippen molar-refractivity contribution in [2.45, 2.75) is 57.4 Å². The highest BCUT2D eigenvalue weighted by molar-refractivity contribution is 5.71. The van der Waals surface area contributed by atoms with Crippen LogP contribution in [0, 0.1) is 0 Å². The monoisotopic (exact) mass is 282 g/mol. The average Bonchev–Trinajstić information content (AvgIpc) is 2.66. The van der Waals surface area contributed by atoms with Crippen LogP contribution < -0.4 is 0 Å². The number of rotatable bonds is 4. The molecule has 4 nitrogen and oxygen atoms in total. The molecule has 1 aliphatic carbocycles. The number of nitrogens with zero attached hydrogens (tertiary/aromatic N) is 2. The van der Waals surface area contributed by atoms with Gasteiger partial charge in [-0.3, -0.25) is 9.69 Å². The quantitative estimate of drug-likeness (QED) is 0.585. The lowest BCUT2D eigenvalue weighted by Crippen LogP contribution is -2.57. The fourth-order valence-corrected chi connectivity index (χ4v) is 3.75. The minimum atomic E-state index is -0.00618. The summed E-state index contributed by atoms with van der Waals surface area (Å²) >= 11 is 0. The number of carbonyl (C=O) groups excluding carboxylic acids is 1. The van der Waals surface area contributed by atoms with E-state index in [0.29, 0.717) is 13.0 Å². The minimum absolute atomic E-state index is 0.00618. The smallest absolute Gasteiger partial charge is 0.307 e. The summed E-state index contributed by atoms with van der Waals surface area (Å²) in [6.07, 6.45) is 8.06. The van der Waals surface area contributed by atoms with E-state index < -0.39 is 0 Å². The zero-order valence-electron chi connectivity index (χ0n) is 13.2. The van der Waals surface area contributed by atoms with Crippen LogP contribution in [-0.2, 0) is 9.53 Å². The van der Waals surface area contributed by atoms with Crippen LogP contribution in [0.2, 0.25) is 0 Å². The number of likely N-dealkylation sites (N-methyl/N-ethyl adjacent to an activating group) is 1. The predicted molar refractivity (Wildman–Crippen MR) is 80.8 cm³/mol. The van der Waals surface area contributed by atoms with Gasteiger partial charge in [0.1, 0.15) is 0 Å². The lowest BCUT2D eigenvalue weighted by Gasteiger charge is -2.47. The van der Waals surface area contributed by atoms with Crippen LogP contribution in [0.4, 0.5) is 0 Å². The van der Waals surface area contributed by atoms with E-state index in [1.165, 1.54) is 25.7 Å². The molecule has 2 rings (SSSR count). The van der Waals surface area contributed by atoms with Gasteiger partial charge in [-0.1, -0.05) is 25.7 Å². The molecule has 0 aromatic heterocycles. The highest BCUT2D eigenvalue weighted by atomic mass is 16.5. The molecule has 0 N–H and O–H groups in total. The summed E-state index contributed by atoms with van der Waals surface area (Å²) in [6, 6.07) is 0. The van der Waals surface area contributed by atoms with Crippen molar-refractivity contribution in [2.75, 3.05) is 39.8 Å². The molecule has 0 aromatic carbocycles. The molecule has 0 bridgehead atoms. The maximum Gasteiger partial charge on any atom is 0.307 e. The maximum atomic E-state index is 12.1. The normalized spacial score (nSPS) is 25.1. The van der Waals surface area contributed by atoms with Gasteiger partial charge in [0.2, 0.25) is 0 Å². The molecule has 2 aliphatic rings. The van der Waals surface area contributed by atoms with E-state index >= 15 is 0 Å². The van der Waals surface area contributed by atoms with Crippen LogP contribution in [0.15, 0.2) is 0 Å². The molecule has 0 spiro atoms. The van der Waals surface area contributed by atoms with E-state index in [1.807, 2.05) is 6.92 Å². The second kappa shape index (κ2) is 7.41. The van der Waals surface area contributed by atoms with E-state index in [9.17, 15) is 4.79 Å². The van der Waals surface area contributed by atoms with Gasteiger partial charge in [0.15, 0.2) is 0 Å². The number of carbonyl (C=O) groups is 1. The van der Waals surface area contributed by atoms with Crippen molar-refractivity contribution in [1.29, 1.82) is 0 Å². The molecule has 0 atom stereocenters. The fraction of sp³-hybridized carbons (Fsp3) is 0.938. The summed E-state index contributed by atoms with van der Waals surface area (Å²) in [5, 5.41) is 0. The molecule has 116 valence electrons. The number of hydrogen-bond donors (Lipinski definition) is 0. The first kappa shape index (κ1) is 15.8. The number of piperazine rings is 1. The van der Waals surface area contributed by atoms with Crippen molar-refractivity contribution < 1.29 is 9.53 Å². The topological polar surface area (TPSA) is 32.8 Å². The average molecular weight is 282 g/mol. The molecule has 0 aromatic rings. The maximum absolute atomic E-state index is 12.1. The Morgan fingerprint density at radius 2 is 1.65 bits per heavy atom. The van der Waals surface area contributed by atoms with Crippen LogP contribution in [0.3, 0.4) is 0 Å². The van der Waals surface area contributed by atoms with Gasteiger partial charge < -0.3 is 9.64 Å². The van der Waals surface area contributed by atoms with Gasteiger partial charge in [-0.05, 0) is 26.8 Å². The molecular formula is C16H30N2O2. The summed E-state index contributed by atoms with van der Waals surface area (Å²) in [5.41, 5.74) is 0.0734. The van der Waals surface area contributed by atoms with E-state index in [2.05, 4.69) is 16.8 Å². The first-order valence-electron chi connectivity index (χ1n) is 8.25. The number of esters is 1. The molecule has 1 saturated carbocycles. The predicted octanol–water partition coefficient (Wildman–Crippen LogP) is 2.28. The second-order valence-corrected chi connectivity index (χ2v) is 6.41. The highest BCUT2D eigenvalue weighted by Gasteiger charge is 2.40.